The molecular weight excluding hydrogens is 128 g/mol. The van der Waals surface area contributed by atoms with Gasteiger partial charge in [-0.25, -0.2) is 0 Å². The van der Waals surface area contributed by atoms with Crippen molar-refractivity contribution in [3.05, 3.63) is 13.2 Å². The first-order valence-electron chi connectivity index (χ1n) is 1.20. The molecule has 7 heavy (non-hydrogen) atoms. The molecule has 4 heteroatoms. The maximum atomic E-state index is 4.66. The molecule has 0 aromatic rings. The van der Waals surface area contributed by atoms with Gasteiger partial charge in [0.05, 0.1) is 0 Å². The van der Waals surface area contributed by atoms with Gasteiger partial charge in [-0.05, 0) is 0 Å². The minimum absolute atomic E-state index is 0. The molecule has 0 heterocycles. The summed E-state index contributed by atoms with van der Waals surface area (Å²) in [6, 6.07) is 0. The molecule has 6 N–H and O–H groups in total. The summed E-state index contributed by atoms with van der Waals surface area (Å²) in [4.78, 5) is 0. The van der Waals surface area contributed by atoms with Crippen LogP contribution < -0.4 is 11.9 Å². The lowest BCUT2D eigenvalue weighted by Gasteiger charge is -1.83. The predicted molar refractivity (Wildman–Crippen MR) is 41.4 cm³/mol. The number of nitrogens with two attached hydrogens (primary N) is 1. The maximum Gasteiger partial charge on any atom is -0.0708 e. The van der Waals surface area contributed by atoms with Gasteiger partial charge in [-0.3, -0.25) is 0 Å². The molecule has 0 radical (unpaired) electrons. The third-order valence-electron chi connectivity index (χ3n) is 0. The Morgan fingerprint density at radius 3 is 1.57 bits per heavy atom. The van der Waals surface area contributed by atoms with E-state index in [-0.39, 0.29) is 10.5 Å². The van der Waals surface area contributed by atoms with Crippen molar-refractivity contribution in [2.24, 2.45) is 5.73 Å². The van der Waals surface area contributed by atoms with Crippen molar-refractivity contribution in [1.29, 1.82) is 0 Å². The van der Waals surface area contributed by atoms with Crippen molar-refractivity contribution in [3.8, 4) is 0 Å². The van der Waals surface area contributed by atoms with E-state index < -0.39 is 0 Å². The van der Waals surface area contributed by atoms with Gasteiger partial charge < -0.3 is 36.7 Å². The van der Waals surface area contributed by atoms with Crippen LogP contribution in [0.3, 0.4) is 0 Å². The van der Waals surface area contributed by atoms with Crippen LogP contribution in [-0.2, 0) is 12.6 Å². The third-order valence-corrected chi connectivity index (χ3v) is 0. The smallest absolute Gasteiger partial charge is 0.0708 e. The molecule has 0 aromatic carbocycles. The van der Waals surface area contributed by atoms with E-state index in [0.717, 1.165) is 0 Å². The molecule has 0 aliphatic heterocycles. The molecule has 0 unspecified atom stereocenters. The molecule has 0 aliphatic carbocycles. The minimum atomic E-state index is 0. The maximum absolute atomic E-state index is 4.66. The van der Waals surface area contributed by atoms with Gasteiger partial charge >= 0.3 is 0 Å². The van der Waals surface area contributed by atoms with E-state index in [1.165, 1.54) is 0 Å². The van der Waals surface area contributed by atoms with Crippen LogP contribution in [0.1, 0.15) is 0 Å². The van der Waals surface area contributed by atoms with Crippen LogP contribution in [-0.4, -0.2) is 4.32 Å². The molecule has 0 bridgehead atoms. The van der Waals surface area contributed by atoms with Crippen molar-refractivity contribution < 1.29 is 0 Å². The van der Waals surface area contributed by atoms with Crippen LogP contribution >= 0.6 is 12.2 Å². The third kappa shape index (κ3) is 2340. The summed E-state index contributed by atoms with van der Waals surface area (Å²) in [5.41, 5.74) is 4.66. The lowest BCUT2D eigenvalue weighted by molar-refractivity contribution is 1.91. The van der Waals surface area contributed by atoms with Gasteiger partial charge in [0.25, 0.3) is 0 Å². The Bertz CT molecular complexity index is 42.2. The Morgan fingerprint density at radius 2 is 1.57 bits per heavy atom. The fraction of sp³-hybridized carbons (Fsp3) is 0. The number of hydrogen-bond acceptors (Lipinski definition) is 2. The predicted octanol–water partition coefficient (Wildman–Crippen LogP) is 0.955. The second kappa shape index (κ2) is 17.0. The molecule has 0 saturated heterocycles. The average Bonchev–Trinajstić information content (AvgIpc) is 1.41. The van der Waals surface area contributed by atoms with Crippen LogP contribution in [0, 0.1) is 0 Å². The van der Waals surface area contributed by atoms with Gasteiger partial charge in [0, 0.05) is 0 Å². The zero-order chi connectivity index (χ0) is 5.58. The highest BCUT2D eigenvalue weighted by Crippen LogP contribution is 1.45. The van der Waals surface area contributed by atoms with Gasteiger partial charge in [-0.1, -0.05) is 4.32 Å². The molecule has 0 rings (SSSR count). The lowest BCUT2D eigenvalue weighted by atomic mass is 11.3. The molecule has 0 amide bonds. The van der Waals surface area contributed by atoms with E-state index in [1.807, 2.05) is 0 Å². The Labute approximate surface area is 54.8 Å². The van der Waals surface area contributed by atoms with E-state index in [0.29, 0.717) is 0 Å². The molecule has 0 fully saturated rings. The summed E-state index contributed by atoms with van der Waals surface area (Å²) in [5, 5.41) is 0. The molecular formula is C3H10N2S2. The Kier molecular flexibility index (Phi) is 38.5. The van der Waals surface area contributed by atoms with E-state index in [9.17, 15) is 0 Å². The van der Waals surface area contributed by atoms with Gasteiger partial charge in [0.2, 0.25) is 0 Å². The van der Waals surface area contributed by atoms with Crippen LogP contribution in [0.25, 0.3) is 0 Å². The van der Waals surface area contributed by atoms with Gasteiger partial charge in [0.1, 0.15) is 0 Å². The summed E-state index contributed by atoms with van der Waals surface area (Å²) in [5.74, 6) is 0. The monoisotopic (exact) mass is 138 g/mol. The summed E-state index contributed by atoms with van der Waals surface area (Å²) < 4.78 is 0.0833. The summed E-state index contributed by atoms with van der Waals surface area (Å²) in [7, 11) is 0. The zero-order valence-corrected chi connectivity index (χ0v) is 5.94. The highest BCUT2D eigenvalue weighted by Gasteiger charge is 1.35. The number of thiocarbonyl (C=S) groups is 1. The Hall–Kier alpha value is -0.190. The van der Waals surface area contributed by atoms with E-state index in [4.69, 9.17) is 0 Å². The molecule has 0 aliphatic rings. The van der Waals surface area contributed by atoms with Gasteiger partial charge in [-0.15, -0.1) is 13.2 Å². The van der Waals surface area contributed by atoms with Crippen molar-refractivity contribution >= 4 is 29.2 Å². The fourth-order valence-corrected chi connectivity index (χ4v) is 0. The first kappa shape index (κ1) is 15.8. The summed E-state index contributed by atoms with van der Waals surface area (Å²) >= 11 is 8.26. The highest BCUT2D eigenvalue weighted by molar-refractivity contribution is 8.00. The topological polar surface area (TPSA) is 62.5 Å². The number of quaternary nitrogens is 1. The number of rotatable bonds is 0. The van der Waals surface area contributed by atoms with Crippen LogP contribution in [0.15, 0.2) is 13.2 Å². The second-order valence-electron chi connectivity index (χ2n) is 0.319. The minimum Gasteiger partial charge on any atom is -0.415 e. The van der Waals surface area contributed by atoms with E-state index in [1.54, 1.807) is 0 Å². The first-order valence-corrected chi connectivity index (χ1v) is 2.01. The molecule has 0 aromatic heterocycles. The molecule has 2 nitrogen and oxygen atoms in total. The van der Waals surface area contributed by atoms with Crippen molar-refractivity contribution in [2.45, 2.75) is 0 Å². The largest absolute Gasteiger partial charge is 0.415 e. The quantitative estimate of drug-likeness (QED) is 0.298. The molecule has 0 atom stereocenters. The van der Waals surface area contributed by atoms with Crippen LogP contribution in [0.2, 0.25) is 0 Å². The van der Waals surface area contributed by atoms with E-state index in [2.05, 4.69) is 43.7 Å². The summed E-state index contributed by atoms with van der Waals surface area (Å²) in [6.45, 7) is 6.00. The zero-order valence-electron chi connectivity index (χ0n) is 4.31. The van der Waals surface area contributed by atoms with Crippen molar-refractivity contribution in [1.82, 2.24) is 6.15 Å². The standard InChI is InChI=1S/C2H4.CH3NS2.H3N/c1-2;2-1(3)4;/h1-2H2;(H3,2,3,4);1H3. The lowest BCUT2D eigenvalue weighted by Crippen LogP contribution is -1.99. The van der Waals surface area contributed by atoms with Crippen molar-refractivity contribution in [3.63, 3.8) is 0 Å². The van der Waals surface area contributed by atoms with Gasteiger partial charge in [0.15, 0.2) is 0 Å². The Balaban J connectivity index is -0.0000000480. The Morgan fingerprint density at radius 1 is 1.57 bits per heavy atom. The number of hydrogen-bond donors (Lipinski definition) is 2. The molecule has 44 valence electrons. The van der Waals surface area contributed by atoms with Crippen LogP contribution in [0.5, 0.6) is 0 Å². The average molecular weight is 138 g/mol. The van der Waals surface area contributed by atoms with Crippen molar-refractivity contribution in [2.75, 3.05) is 0 Å². The fourth-order valence-electron chi connectivity index (χ4n) is 0. The van der Waals surface area contributed by atoms with E-state index >= 15 is 0 Å². The normalized spacial score (nSPS) is 4.00. The first-order chi connectivity index (χ1) is 2.73. The molecule has 0 saturated carbocycles. The summed E-state index contributed by atoms with van der Waals surface area (Å²) in [6.07, 6.45) is 0. The SMILES string of the molecule is C=C.NC(=S)[S-].[NH4+]. The van der Waals surface area contributed by atoms with Crippen LogP contribution in [0.4, 0.5) is 0 Å². The molecule has 0 spiro atoms. The second-order valence-corrected chi connectivity index (χ2v) is 1.46. The van der Waals surface area contributed by atoms with Gasteiger partial charge in [-0.2, -0.15) is 0 Å². The highest BCUT2D eigenvalue weighted by atomic mass is 32.1.